The van der Waals surface area contributed by atoms with Gasteiger partial charge in [-0.25, -0.2) is 0 Å². The van der Waals surface area contributed by atoms with E-state index < -0.39 is 0 Å². The summed E-state index contributed by atoms with van der Waals surface area (Å²) in [5, 5.41) is 10.9. The first kappa shape index (κ1) is 11.1. The first-order chi connectivity index (χ1) is 8.90. The highest BCUT2D eigenvalue weighted by Crippen LogP contribution is 2.34. The Morgan fingerprint density at radius 2 is 2.11 bits per heavy atom. The Hall–Kier alpha value is -1.97. The fourth-order valence-electron chi connectivity index (χ4n) is 2.46. The van der Waals surface area contributed by atoms with Crippen LogP contribution in [0, 0.1) is 0 Å². The number of aromatic nitrogens is 2. The molecule has 0 amide bonds. The number of rotatable bonds is 2. The molecule has 0 bridgehead atoms. The summed E-state index contributed by atoms with van der Waals surface area (Å²) < 4.78 is 5.42. The number of anilines is 1. The summed E-state index contributed by atoms with van der Waals surface area (Å²) in [4.78, 5) is 0. The van der Waals surface area contributed by atoms with E-state index in [-0.39, 0.29) is 0 Å². The van der Waals surface area contributed by atoms with Gasteiger partial charge in [-0.2, -0.15) is 5.10 Å². The van der Waals surface area contributed by atoms with Crippen LogP contribution >= 0.6 is 0 Å². The molecule has 0 saturated carbocycles. The first-order valence-electron chi connectivity index (χ1n) is 6.34. The summed E-state index contributed by atoms with van der Waals surface area (Å²) in [6.07, 6.45) is 3.45. The first-order valence-corrected chi connectivity index (χ1v) is 6.34. The van der Waals surface area contributed by atoms with Crippen LogP contribution in [0.2, 0.25) is 0 Å². The van der Waals surface area contributed by atoms with Crippen LogP contribution in [0.25, 0.3) is 11.3 Å². The normalized spacial score (nSPS) is 14.5. The lowest BCUT2D eigenvalue weighted by atomic mass is 10.0. The van der Waals surface area contributed by atoms with E-state index in [1.807, 2.05) is 18.2 Å². The van der Waals surface area contributed by atoms with Gasteiger partial charge in [-0.15, -0.1) is 0 Å². The number of hydrogen-bond acceptors (Lipinski definition) is 3. The molecule has 4 nitrogen and oxygen atoms in total. The monoisotopic (exact) mass is 243 g/mol. The second kappa shape index (κ2) is 4.72. The van der Waals surface area contributed by atoms with Crippen molar-refractivity contribution < 1.29 is 4.74 Å². The number of hydrogen-bond donors (Lipinski definition) is 2. The van der Waals surface area contributed by atoms with Crippen LogP contribution in [0.5, 0.6) is 5.75 Å². The highest BCUT2D eigenvalue weighted by molar-refractivity contribution is 5.74. The molecule has 1 aromatic heterocycles. The van der Waals surface area contributed by atoms with Crippen molar-refractivity contribution in [3.8, 4) is 17.0 Å². The molecular formula is C14H17N3O. The molecule has 2 aromatic rings. The van der Waals surface area contributed by atoms with Gasteiger partial charge >= 0.3 is 0 Å². The van der Waals surface area contributed by atoms with Crippen LogP contribution in [0.4, 0.5) is 5.82 Å². The quantitative estimate of drug-likeness (QED) is 0.852. The minimum atomic E-state index is 0.883. The third-order valence-electron chi connectivity index (χ3n) is 3.39. The Kier molecular flexibility index (Phi) is 2.92. The van der Waals surface area contributed by atoms with Crippen molar-refractivity contribution in [2.24, 2.45) is 0 Å². The Balaban J connectivity index is 2.09. The number of H-pyrrole nitrogens is 1. The fraction of sp³-hybridized carbons (Fsp3) is 0.357. The lowest BCUT2D eigenvalue weighted by Gasteiger charge is -2.08. The van der Waals surface area contributed by atoms with Crippen LogP contribution < -0.4 is 10.1 Å². The maximum Gasteiger partial charge on any atom is 0.151 e. The molecule has 0 radical (unpaired) electrons. The Morgan fingerprint density at radius 3 is 3.00 bits per heavy atom. The number of nitrogens with one attached hydrogen (secondary N) is 2. The second-order valence-electron chi connectivity index (χ2n) is 4.51. The van der Waals surface area contributed by atoms with Gasteiger partial charge in [0, 0.05) is 17.7 Å². The van der Waals surface area contributed by atoms with Crippen LogP contribution in [-0.4, -0.2) is 23.9 Å². The molecule has 3 rings (SSSR count). The van der Waals surface area contributed by atoms with Gasteiger partial charge in [-0.1, -0.05) is 12.1 Å². The second-order valence-corrected chi connectivity index (χ2v) is 4.51. The van der Waals surface area contributed by atoms with E-state index in [0.717, 1.165) is 35.8 Å². The topological polar surface area (TPSA) is 49.9 Å². The minimum absolute atomic E-state index is 0.883. The highest BCUT2D eigenvalue weighted by Gasteiger charge is 2.18. The van der Waals surface area contributed by atoms with Gasteiger partial charge in [0.05, 0.1) is 12.8 Å². The van der Waals surface area contributed by atoms with Crippen molar-refractivity contribution in [2.75, 3.05) is 19.0 Å². The van der Waals surface area contributed by atoms with Gasteiger partial charge in [0.15, 0.2) is 5.82 Å². The molecule has 0 spiro atoms. The number of aromatic amines is 1. The molecule has 1 aliphatic rings. The molecule has 1 aliphatic heterocycles. The van der Waals surface area contributed by atoms with E-state index in [2.05, 4.69) is 21.6 Å². The number of para-hydroxylation sites is 1. The Labute approximate surface area is 106 Å². The Morgan fingerprint density at radius 1 is 1.22 bits per heavy atom. The maximum atomic E-state index is 5.42. The molecule has 4 heteroatoms. The number of benzene rings is 1. The number of nitrogens with zero attached hydrogens (tertiary/aromatic N) is 1. The van der Waals surface area contributed by atoms with Crippen molar-refractivity contribution in [3.05, 3.63) is 29.8 Å². The smallest absolute Gasteiger partial charge is 0.151 e. The predicted molar refractivity (Wildman–Crippen MR) is 72.0 cm³/mol. The summed E-state index contributed by atoms with van der Waals surface area (Å²) in [6.45, 7) is 1.00. The van der Waals surface area contributed by atoms with Gasteiger partial charge in [0.25, 0.3) is 0 Å². The van der Waals surface area contributed by atoms with Gasteiger partial charge < -0.3 is 10.1 Å². The molecule has 0 unspecified atom stereocenters. The van der Waals surface area contributed by atoms with Crippen LogP contribution in [0.15, 0.2) is 24.3 Å². The van der Waals surface area contributed by atoms with Gasteiger partial charge in [0.2, 0.25) is 0 Å². The molecule has 0 atom stereocenters. The zero-order valence-electron chi connectivity index (χ0n) is 10.5. The summed E-state index contributed by atoms with van der Waals surface area (Å²) in [7, 11) is 1.70. The van der Waals surface area contributed by atoms with Crippen molar-refractivity contribution in [3.63, 3.8) is 0 Å². The highest BCUT2D eigenvalue weighted by atomic mass is 16.5. The van der Waals surface area contributed by atoms with Crippen molar-refractivity contribution >= 4 is 5.82 Å². The van der Waals surface area contributed by atoms with E-state index >= 15 is 0 Å². The molecule has 0 saturated heterocycles. The molecule has 94 valence electrons. The zero-order chi connectivity index (χ0) is 12.4. The lowest BCUT2D eigenvalue weighted by Crippen LogP contribution is -1.99. The van der Waals surface area contributed by atoms with E-state index in [9.17, 15) is 0 Å². The number of fused-ring (bicyclic) bond motifs is 1. The predicted octanol–water partition coefficient (Wildman–Crippen LogP) is 2.83. The molecule has 18 heavy (non-hydrogen) atoms. The van der Waals surface area contributed by atoms with E-state index in [4.69, 9.17) is 4.74 Å². The SMILES string of the molecule is COc1ccccc1-c1[nH]nc2c1CCCCN2. The van der Waals surface area contributed by atoms with Crippen LogP contribution in [0.3, 0.4) is 0 Å². The maximum absolute atomic E-state index is 5.42. The third-order valence-corrected chi connectivity index (χ3v) is 3.39. The zero-order valence-corrected chi connectivity index (χ0v) is 10.5. The number of methoxy groups -OCH3 is 1. The number of ether oxygens (including phenoxy) is 1. The summed E-state index contributed by atoms with van der Waals surface area (Å²) in [5.41, 5.74) is 3.44. The summed E-state index contributed by atoms with van der Waals surface area (Å²) in [6, 6.07) is 8.05. The van der Waals surface area contributed by atoms with E-state index in [1.54, 1.807) is 7.11 Å². The fourth-order valence-corrected chi connectivity index (χ4v) is 2.46. The summed E-state index contributed by atoms with van der Waals surface area (Å²) >= 11 is 0. The largest absolute Gasteiger partial charge is 0.496 e. The molecule has 2 heterocycles. The van der Waals surface area contributed by atoms with Crippen LogP contribution in [0.1, 0.15) is 18.4 Å². The molecule has 0 aliphatic carbocycles. The lowest BCUT2D eigenvalue weighted by molar-refractivity contribution is 0.416. The summed E-state index contributed by atoms with van der Waals surface area (Å²) in [5.74, 6) is 1.88. The Bertz CT molecular complexity index is 548. The average Bonchev–Trinajstić information content (AvgIpc) is 2.67. The van der Waals surface area contributed by atoms with E-state index in [1.165, 1.54) is 18.4 Å². The van der Waals surface area contributed by atoms with Crippen molar-refractivity contribution in [2.45, 2.75) is 19.3 Å². The van der Waals surface area contributed by atoms with Gasteiger partial charge in [0.1, 0.15) is 5.75 Å². The third kappa shape index (κ3) is 1.83. The van der Waals surface area contributed by atoms with Crippen molar-refractivity contribution in [1.29, 1.82) is 0 Å². The molecule has 1 aromatic carbocycles. The van der Waals surface area contributed by atoms with E-state index in [0.29, 0.717) is 0 Å². The molecule has 0 fully saturated rings. The molecular weight excluding hydrogens is 226 g/mol. The molecule has 2 N–H and O–H groups in total. The standard InChI is InChI=1S/C14H17N3O/c1-18-12-8-3-2-6-10(12)13-11-7-4-5-9-15-14(11)17-16-13/h2-3,6,8H,4-5,7,9H2,1H3,(H2,15,16,17). The van der Waals surface area contributed by atoms with Crippen molar-refractivity contribution in [1.82, 2.24) is 10.2 Å². The van der Waals surface area contributed by atoms with Gasteiger partial charge in [-0.05, 0) is 31.4 Å². The minimum Gasteiger partial charge on any atom is -0.496 e. The average molecular weight is 243 g/mol. The van der Waals surface area contributed by atoms with Gasteiger partial charge in [-0.3, -0.25) is 5.10 Å². The van der Waals surface area contributed by atoms with Crippen LogP contribution in [-0.2, 0) is 6.42 Å².